The van der Waals surface area contributed by atoms with Gasteiger partial charge in [0.1, 0.15) is 5.75 Å². The maximum absolute atomic E-state index is 12.2. The number of benzene rings is 1. The van der Waals surface area contributed by atoms with Crippen LogP contribution in [-0.4, -0.2) is 9.55 Å². The van der Waals surface area contributed by atoms with Gasteiger partial charge < -0.3 is 15.0 Å². The van der Waals surface area contributed by atoms with Gasteiger partial charge in [-0.2, -0.15) is 0 Å². The second-order valence-corrected chi connectivity index (χ2v) is 4.80. The number of hydrogen-bond donors (Lipinski definition) is 1. The van der Waals surface area contributed by atoms with Gasteiger partial charge in [0.2, 0.25) is 0 Å². The van der Waals surface area contributed by atoms with Crippen molar-refractivity contribution >= 4 is 5.69 Å². The number of aromatic nitrogens is 2. The Labute approximate surface area is 110 Å². The van der Waals surface area contributed by atoms with Gasteiger partial charge in [0.25, 0.3) is 5.88 Å². The van der Waals surface area contributed by atoms with Crippen LogP contribution in [0.3, 0.4) is 0 Å². The Hall–Kier alpha value is -2.30. The van der Waals surface area contributed by atoms with Crippen molar-refractivity contribution in [2.45, 2.75) is 25.8 Å². The Morgan fingerprint density at radius 3 is 2.89 bits per heavy atom. The highest BCUT2D eigenvalue weighted by molar-refractivity contribution is 5.47. The molecule has 1 aliphatic carbocycles. The van der Waals surface area contributed by atoms with Gasteiger partial charge in [-0.15, -0.1) is 0 Å². The molecule has 1 aliphatic rings. The minimum Gasteiger partial charge on any atom is -0.434 e. The molecule has 1 aromatic carbocycles. The third kappa shape index (κ3) is 2.31. The first-order chi connectivity index (χ1) is 9.15. The van der Waals surface area contributed by atoms with E-state index in [2.05, 4.69) is 4.98 Å². The van der Waals surface area contributed by atoms with Crippen LogP contribution >= 0.6 is 0 Å². The summed E-state index contributed by atoms with van der Waals surface area (Å²) in [7, 11) is 0. The highest BCUT2D eigenvalue weighted by atomic mass is 16.5. The van der Waals surface area contributed by atoms with E-state index in [4.69, 9.17) is 10.5 Å². The smallest absolute Gasteiger partial charge is 0.313 e. The maximum Gasteiger partial charge on any atom is 0.313 e. The Morgan fingerprint density at radius 1 is 1.42 bits per heavy atom. The number of nitrogens with zero attached hydrogens (tertiary/aromatic N) is 2. The molecule has 0 amide bonds. The minimum absolute atomic E-state index is 0.113. The number of anilines is 1. The van der Waals surface area contributed by atoms with Gasteiger partial charge in [0, 0.05) is 24.1 Å². The van der Waals surface area contributed by atoms with Gasteiger partial charge in [-0.05, 0) is 43.5 Å². The van der Waals surface area contributed by atoms with Crippen molar-refractivity contribution in [3.8, 4) is 11.6 Å². The Kier molecular flexibility index (Phi) is 2.74. The molecule has 0 unspecified atom stereocenters. The molecule has 1 fully saturated rings. The highest BCUT2D eigenvalue weighted by Crippen LogP contribution is 2.33. The van der Waals surface area contributed by atoms with Crippen LogP contribution in [0.5, 0.6) is 11.6 Å². The molecular formula is C14H15N3O2. The van der Waals surface area contributed by atoms with E-state index in [9.17, 15) is 4.79 Å². The number of nitrogen functional groups attached to an aromatic ring is 1. The molecule has 1 heterocycles. The van der Waals surface area contributed by atoms with Crippen molar-refractivity contribution in [3.63, 3.8) is 0 Å². The summed E-state index contributed by atoms with van der Waals surface area (Å²) in [5.41, 5.74) is 7.05. The third-order valence-corrected chi connectivity index (χ3v) is 3.18. The summed E-state index contributed by atoms with van der Waals surface area (Å²) in [4.78, 5) is 16.2. The number of nitrogens with two attached hydrogens (primary N) is 1. The van der Waals surface area contributed by atoms with Crippen molar-refractivity contribution in [1.29, 1.82) is 0 Å². The average molecular weight is 257 g/mol. The summed E-state index contributed by atoms with van der Waals surface area (Å²) < 4.78 is 7.30. The van der Waals surface area contributed by atoms with Crippen LogP contribution in [0.2, 0.25) is 0 Å². The van der Waals surface area contributed by atoms with Gasteiger partial charge in [-0.3, -0.25) is 4.79 Å². The lowest BCUT2D eigenvalue weighted by Gasteiger charge is -2.09. The number of hydrogen-bond acceptors (Lipinski definition) is 4. The van der Waals surface area contributed by atoms with Crippen LogP contribution in [0.4, 0.5) is 5.69 Å². The third-order valence-electron chi connectivity index (χ3n) is 3.18. The second-order valence-electron chi connectivity index (χ2n) is 4.80. The van der Waals surface area contributed by atoms with E-state index in [0.717, 1.165) is 18.4 Å². The lowest BCUT2D eigenvalue weighted by atomic mass is 10.2. The summed E-state index contributed by atoms with van der Waals surface area (Å²) in [6, 6.07) is 5.60. The lowest BCUT2D eigenvalue weighted by molar-refractivity contribution is 0.441. The van der Waals surface area contributed by atoms with Crippen molar-refractivity contribution in [3.05, 3.63) is 46.5 Å². The Balaban J connectivity index is 1.95. The molecule has 98 valence electrons. The molecule has 2 N–H and O–H groups in total. The summed E-state index contributed by atoms with van der Waals surface area (Å²) in [6.45, 7) is 1.88. The predicted octanol–water partition coefficient (Wildman–Crippen LogP) is 2.26. The van der Waals surface area contributed by atoms with Gasteiger partial charge in [0.15, 0.2) is 0 Å². The molecular weight excluding hydrogens is 242 g/mol. The number of rotatable bonds is 3. The van der Waals surface area contributed by atoms with E-state index in [1.807, 2.05) is 6.92 Å². The van der Waals surface area contributed by atoms with E-state index >= 15 is 0 Å². The zero-order valence-electron chi connectivity index (χ0n) is 10.7. The highest BCUT2D eigenvalue weighted by Gasteiger charge is 2.25. The number of aryl methyl sites for hydroxylation is 1. The topological polar surface area (TPSA) is 70.1 Å². The summed E-state index contributed by atoms with van der Waals surface area (Å²) in [5.74, 6) is 0.717. The fourth-order valence-corrected chi connectivity index (χ4v) is 2.01. The van der Waals surface area contributed by atoms with Crippen molar-refractivity contribution in [2.75, 3.05) is 5.73 Å². The molecule has 3 rings (SSSR count). The van der Waals surface area contributed by atoms with E-state index in [1.54, 1.807) is 35.2 Å². The fraction of sp³-hybridized carbons (Fsp3) is 0.286. The van der Waals surface area contributed by atoms with Gasteiger partial charge >= 0.3 is 5.56 Å². The normalized spacial score (nSPS) is 14.4. The lowest BCUT2D eigenvalue weighted by Crippen LogP contribution is -2.20. The molecule has 5 nitrogen and oxygen atoms in total. The van der Waals surface area contributed by atoms with Crippen molar-refractivity contribution in [1.82, 2.24) is 9.55 Å². The van der Waals surface area contributed by atoms with Gasteiger partial charge in [-0.25, -0.2) is 4.98 Å². The first-order valence-electron chi connectivity index (χ1n) is 6.26. The maximum atomic E-state index is 12.2. The number of ether oxygens (including phenoxy) is 1. The van der Waals surface area contributed by atoms with Crippen LogP contribution < -0.4 is 16.0 Å². The molecule has 19 heavy (non-hydrogen) atoms. The SMILES string of the molecule is Cc1cc(N)ccc1Oc1nccn(C2CC2)c1=O. The fourth-order valence-electron chi connectivity index (χ4n) is 2.01. The first-order valence-corrected chi connectivity index (χ1v) is 6.26. The molecule has 0 spiro atoms. The van der Waals surface area contributed by atoms with Crippen molar-refractivity contribution < 1.29 is 4.74 Å². The molecule has 1 aromatic heterocycles. The molecule has 0 atom stereocenters. The summed E-state index contributed by atoms with van der Waals surface area (Å²) in [5, 5.41) is 0. The summed E-state index contributed by atoms with van der Waals surface area (Å²) >= 11 is 0. The molecule has 0 aliphatic heterocycles. The zero-order valence-corrected chi connectivity index (χ0v) is 10.7. The molecule has 5 heteroatoms. The van der Waals surface area contributed by atoms with Crippen LogP contribution in [0, 0.1) is 6.92 Å². The van der Waals surface area contributed by atoms with Crippen molar-refractivity contribution in [2.24, 2.45) is 0 Å². The zero-order chi connectivity index (χ0) is 13.4. The monoisotopic (exact) mass is 257 g/mol. The molecule has 0 radical (unpaired) electrons. The van der Waals surface area contributed by atoms with E-state index in [1.165, 1.54) is 0 Å². The van der Waals surface area contributed by atoms with Crippen LogP contribution in [0.25, 0.3) is 0 Å². The Morgan fingerprint density at radius 2 is 2.21 bits per heavy atom. The van der Waals surface area contributed by atoms with Gasteiger partial charge in [0.05, 0.1) is 0 Å². The summed E-state index contributed by atoms with van der Waals surface area (Å²) in [6.07, 6.45) is 5.40. The van der Waals surface area contributed by atoms with Crippen LogP contribution in [0.1, 0.15) is 24.4 Å². The van der Waals surface area contributed by atoms with Gasteiger partial charge in [-0.1, -0.05) is 0 Å². The minimum atomic E-state index is -0.179. The average Bonchev–Trinajstić information content (AvgIpc) is 3.19. The molecule has 0 bridgehead atoms. The van der Waals surface area contributed by atoms with Crippen LogP contribution in [-0.2, 0) is 0 Å². The second kappa shape index (κ2) is 4.42. The first kappa shape index (κ1) is 11.8. The molecule has 1 saturated carbocycles. The molecule has 2 aromatic rings. The quantitative estimate of drug-likeness (QED) is 0.856. The van der Waals surface area contributed by atoms with Crippen LogP contribution in [0.15, 0.2) is 35.4 Å². The largest absolute Gasteiger partial charge is 0.434 e. The van der Waals surface area contributed by atoms with E-state index in [-0.39, 0.29) is 11.4 Å². The standard InChI is InChI=1S/C14H15N3O2/c1-9-8-10(15)2-5-12(9)19-13-14(18)17(7-6-16-13)11-3-4-11/h2,5-8,11H,3-4,15H2,1H3. The Bertz CT molecular complexity index is 675. The van der Waals surface area contributed by atoms with E-state index < -0.39 is 0 Å². The molecule has 0 saturated heterocycles. The predicted molar refractivity (Wildman–Crippen MR) is 72.4 cm³/mol. The van der Waals surface area contributed by atoms with E-state index in [0.29, 0.717) is 17.5 Å².